The van der Waals surface area contributed by atoms with Crippen molar-refractivity contribution in [2.45, 2.75) is 39.3 Å². The molecule has 2 aromatic heterocycles. The summed E-state index contributed by atoms with van der Waals surface area (Å²) in [6.07, 6.45) is 0.289. The van der Waals surface area contributed by atoms with E-state index in [4.69, 9.17) is 16.3 Å². The van der Waals surface area contributed by atoms with Gasteiger partial charge in [0.2, 0.25) is 0 Å². The standard InChI is InChI=1S/C25H27ClN4O4/c1-16(2)18-6-4-7-20(14-18)34-24-27-22-21(30(24)15-17-8-10-19(26)11-9-17)23(32)29(12-5-13-31)25(33)28(22)3/h4,6-11,14,16,31H,5,12-13,15H2,1-3H3. The Morgan fingerprint density at radius 1 is 1.09 bits per heavy atom. The van der Waals surface area contributed by atoms with Gasteiger partial charge in [0.25, 0.3) is 5.56 Å². The Hall–Kier alpha value is -3.36. The lowest BCUT2D eigenvalue weighted by atomic mass is 10.0. The number of hydrogen-bond donors (Lipinski definition) is 1. The van der Waals surface area contributed by atoms with Gasteiger partial charge >= 0.3 is 11.7 Å². The molecule has 0 saturated carbocycles. The van der Waals surface area contributed by atoms with Crippen molar-refractivity contribution in [3.8, 4) is 11.8 Å². The van der Waals surface area contributed by atoms with E-state index < -0.39 is 11.2 Å². The molecule has 0 amide bonds. The van der Waals surface area contributed by atoms with Crippen LogP contribution < -0.4 is 16.0 Å². The maximum Gasteiger partial charge on any atom is 0.332 e. The Balaban J connectivity index is 1.91. The summed E-state index contributed by atoms with van der Waals surface area (Å²) in [7, 11) is 1.57. The highest BCUT2D eigenvalue weighted by atomic mass is 35.5. The van der Waals surface area contributed by atoms with Crippen molar-refractivity contribution < 1.29 is 9.84 Å². The van der Waals surface area contributed by atoms with Gasteiger partial charge < -0.3 is 9.84 Å². The van der Waals surface area contributed by atoms with Gasteiger partial charge in [0.1, 0.15) is 5.75 Å². The van der Waals surface area contributed by atoms with Gasteiger partial charge in [-0.2, -0.15) is 4.98 Å². The van der Waals surface area contributed by atoms with Gasteiger partial charge in [0.15, 0.2) is 11.2 Å². The second kappa shape index (κ2) is 9.87. The van der Waals surface area contributed by atoms with E-state index >= 15 is 0 Å². The zero-order valence-electron chi connectivity index (χ0n) is 19.4. The van der Waals surface area contributed by atoms with Crippen molar-refractivity contribution in [2.75, 3.05) is 6.61 Å². The average molecular weight is 483 g/mol. The lowest BCUT2D eigenvalue weighted by Gasteiger charge is -2.12. The molecule has 2 aromatic carbocycles. The van der Waals surface area contributed by atoms with Crippen LogP contribution in [0.5, 0.6) is 11.8 Å². The van der Waals surface area contributed by atoms with Crippen molar-refractivity contribution in [3.63, 3.8) is 0 Å². The molecule has 0 aliphatic heterocycles. The molecule has 0 aliphatic carbocycles. The summed E-state index contributed by atoms with van der Waals surface area (Å²) in [5.74, 6) is 0.903. The van der Waals surface area contributed by atoms with Gasteiger partial charge in [0.05, 0.1) is 6.54 Å². The zero-order valence-corrected chi connectivity index (χ0v) is 20.1. The van der Waals surface area contributed by atoms with Crippen LogP contribution in [0, 0.1) is 0 Å². The summed E-state index contributed by atoms with van der Waals surface area (Å²) < 4.78 is 10.3. The lowest BCUT2D eigenvalue weighted by molar-refractivity contribution is 0.277. The van der Waals surface area contributed by atoms with Gasteiger partial charge in [0, 0.05) is 25.2 Å². The second-order valence-corrected chi connectivity index (χ2v) is 8.92. The van der Waals surface area contributed by atoms with E-state index in [2.05, 4.69) is 18.8 Å². The number of aromatic nitrogens is 4. The van der Waals surface area contributed by atoms with E-state index in [-0.39, 0.29) is 36.7 Å². The number of rotatable bonds is 8. The fourth-order valence-corrected chi connectivity index (χ4v) is 3.94. The lowest BCUT2D eigenvalue weighted by Crippen LogP contribution is -2.39. The molecule has 0 bridgehead atoms. The van der Waals surface area contributed by atoms with Gasteiger partial charge in [-0.1, -0.05) is 49.7 Å². The first-order chi connectivity index (χ1) is 16.3. The number of imidazole rings is 1. The number of aliphatic hydroxyl groups excluding tert-OH is 1. The van der Waals surface area contributed by atoms with E-state index in [9.17, 15) is 14.7 Å². The second-order valence-electron chi connectivity index (χ2n) is 8.48. The first-order valence-corrected chi connectivity index (χ1v) is 11.5. The molecule has 4 aromatic rings. The van der Waals surface area contributed by atoms with Crippen LogP contribution in [0.15, 0.2) is 58.1 Å². The minimum atomic E-state index is -0.490. The van der Waals surface area contributed by atoms with E-state index in [0.717, 1.165) is 15.7 Å². The average Bonchev–Trinajstić information content (AvgIpc) is 3.17. The Kier molecular flexibility index (Phi) is 6.90. The fraction of sp³-hybridized carbons (Fsp3) is 0.320. The van der Waals surface area contributed by atoms with Gasteiger partial charge in [-0.25, -0.2) is 4.79 Å². The summed E-state index contributed by atoms with van der Waals surface area (Å²) in [5.41, 5.74) is 1.52. The summed E-state index contributed by atoms with van der Waals surface area (Å²) in [6.45, 7) is 4.47. The topological polar surface area (TPSA) is 91.3 Å². The quantitative estimate of drug-likeness (QED) is 0.411. The Morgan fingerprint density at radius 3 is 2.50 bits per heavy atom. The minimum absolute atomic E-state index is 0.108. The molecule has 0 unspecified atom stereocenters. The number of nitrogens with zero attached hydrogens (tertiary/aromatic N) is 4. The number of halogens is 1. The SMILES string of the molecule is CC(C)c1cccc(Oc2nc3c(c(=O)n(CCCO)c(=O)n3C)n2Cc2ccc(Cl)cc2)c1. The highest BCUT2D eigenvalue weighted by Crippen LogP contribution is 2.27. The molecule has 0 atom stereocenters. The number of benzene rings is 2. The third-order valence-electron chi connectivity index (χ3n) is 5.73. The summed E-state index contributed by atoms with van der Waals surface area (Å²) in [5, 5.41) is 9.83. The molecule has 0 aliphatic rings. The molecule has 0 radical (unpaired) electrons. The summed E-state index contributed by atoms with van der Waals surface area (Å²) in [4.78, 5) is 30.8. The van der Waals surface area contributed by atoms with Crippen LogP contribution in [-0.2, 0) is 20.1 Å². The van der Waals surface area contributed by atoms with Gasteiger partial charge in [-0.15, -0.1) is 0 Å². The van der Waals surface area contributed by atoms with Crippen LogP contribution in [0.2, 0.25) is 5.02 Å². The van der Waals surface area contributed by atoms with Crippen molar-refractivity contribution in [2.24, 2.45) is 7.05 Å². The zero-order chi connectivity index (χ0) is 24.4. The van der Waals surface area contributed by atoms with Crippen LogP contribution in [0.1, 0.15) is 37.3 Å². The number of fused-ring (bicyclic) bond motifs is 1. The van der Waals surface area contributed by atoms with E-state index in [1.807, 2.05) is 36.4 Å². The third-order valence-corrected chi connectivity index (χ3v) is 5.98. The maximum atomic E-state index is 13.4. The first kappa shape index (κ1) is 23.8. The Morgan fingerprint density at radius 2 is 1.82 bits per heavy atom. The van der Waals surface area contributed by atoms with Crippen molar-refractivity contribution in [3.05, 3.63) is 85.5 Å². The third kappa shape index (κ3) is 4.64. The van der Waals surface area contributed by atoms with E-state index in [0.29, 0.717) is 23.2 Å². The van der Waals surface area contributed by atoms with Crippen LogP contribution in [0.4, 0.5) is 0 Å². The number of aryl methyl sites for hydroxylation is 1. The molecule has 8 nitrogen and oxygen atoms in total. The molecule has 178 valence electrons. The highest BCUT2D eigenvalue weighted by Gasteiger charge is 2.22. The van der Waals surface area contributed by atoms with Crippen LogP contribution in [0.25, 0.3) is 11.2 Å². The Bertz CT molecular complexity index is 1430. The molecule has 0 saturated heterocycles. The molecular formula is C25H27ClN4O4. The summed E-state index contributed by atoms with van der Waals surface area (Å²) >= 11 is 6.04. The molecular weight excluding hydrogens is 456 g/mol. The monoisotopic (exact) mass is 482 g/mol. The largest absolute Gasteiger partial charge is 0.425 e. The molecule has 0 spiro atoms. The fourth-order valence-electron chi connectivity index (χ4n) is 3.82. The molecule has 4 rings (SSSR count). The van der Waals surface area contributed by atoms with Crippen molar-refractivity contribution in [1.82, 2.24) is 18.7 Å². The highest BCUT2D eigenvalue weighted by molar-refractivity contribution is 6.30. The smallest absolute Gasteiger partial charge is 0.332 e. The van der Waals surface area contributed by atoms with Crippen LogP contribution in [0.3, 0.4) is 0 Å². The van der Waals surface area contributed by atoms with Crippen molar-refractivity contribution in [1.29, 1.82) is 0 Å². The van der Waals surface area contributed by atoms with Gasteiger partial charge in [-0.3, -0.25) is 18.5 Å². The maximum absolute atomic E-state index is 13.4. The first-order valence-electron chi connectivity index (χ1n) is 11.1. The molecule has 9 heteroatoms. The number of ether oxygens (including phenoxy) is 1. The van der Waals surface area contributed by atoms with E-state index in [1.165, 1.54) is 4.57 Å². The van der Waals surface area contributed by atoms with Gasteiger partial charge in [-0.05, 0) is 47.7 Å². The predicted octanol–water partition coefficient (Wildman–Crippen LogP) is 3.90. The molecule has 34 heavy (non-hydrogen) atoms. The molecule has 0 fully saturated rings. The number of aliphatic hydroxyl groups is 1. The van der Waals surface area contributed by atoms with Crippen LogP contribution in [-0.4, -0.2) is 30.4 Å². The van der Waals surface area contributed by atoms with Crippen LogP contribution >= 0.6 is 11.6 Å². The number of hydrogen-bond acceptors (Lipinski definition) is 5. The molecule has 1 N–H and O–H groups in total. The normalized spacial score (nSPS) is 11.5. The van der Waals surface area contributed by atoms with Crippen molar-refractivity contribution >= 4 is 22.8 Å². The Labute approximate surface area is 201 Å². The van der Waals surface area contributed by atoms with E-state index in [1.54, 1.807) is 23.7 Å². The summed E-state index contributed by atoms with van der Waals surface area (Å²) in [6, 6.07) is 15.2. The predicted molar refractivity (Wildman–Crippen MR) is 132 cm³/mol. The minimum Gasteiger partial charge on any atom is -0.425 e. The molecule has 2 heterocycles.